The predicted molar refractivity (Wildman–Crippen MR) is 85.6 cm³/mol. The van der Waals surface area contributed by atoms with Gasteiger partial charge in [0.15, 0.2) is 0 Å². The molecule has 0 aliphatic carbocycles. The van der Waals surface area contributed by atoms with Crippen LogP contribution in [-0.4, -0.2) is 20.0 Å². The molecule has 0 fully saturated rings. The number of thiophene rings is 1. The second-order valence-corrected chi connectivity index (χ2v) is 8.71. The molecule has 0 aliphatic rings. The molecule has 6 heteroatoms. The largest absolute Gasteiger partial charge is 0.310 e. The molecular formula is C14H26N2O2S2. The van der Waals surface area contributed by atoms with Crippen molar-refractivity contribution >= 4 is 21.4 Å². The van der Waals surface area contributed by atoms with Crippen LogP contribution in [0.3, 0.4) is 0 Å². The molecule has 0 saturated heterocycles. The monoisotopic (exact) mass is 318 g/mol. The van der Waals surface area contributed by atoms with Gasteiger partial charge >= 0.3 is 0 Å². The number of sulfonamides is 1. The van der Waals surface area contributed by atoms with Crippen LogP contribution in [0.1, 0.15) is 52.3 Å². The number of nitrogens with one attached hydrogen (secondary N) is 2. The van der Waals surface area contributed by atoms with Gasteiger partial charge in [-0.25, -0.2) is 13.1 Å². The lowest BCUT2D eigenvalue weighted by Gasteiger charge is -2.27. The summed E-state index contributed by atoms with van der Waals surface area (Å²) in [5.74, 6) is 0. The normalized spacial score (nSPS) is 13.1. The zero-order valence-electron chi connectivity index (χ0n) is 13.0. The highest BCUT2D eigenvalue weighted by atomic mass is 32.2. The molecule has 20 heavy (non-hydrogen) atoms. The van der Waals surface area contributed by atoms with E-state index >= 15 is 0 Å². The Bertz CT molecular complexity index is 517. The van der Waals surface area contributed by atoms with Crippen LogP contribution >= 0.6 is 11.3 Å². The predicted octanol–water partition coefficient (Wildman–Crippen LogP) is 3.10. The summed E-state index contributed by atoms with van der Waals surface area (Å²) in [6, 6.07) is 3.96. The first kappa shape index (κ1) is 17.6. The lowest BCUT2D eigenvalue weighted by atomic mass is 9.98. The molecule has 0 bridgehead atoms. The maximum absolute atomic E-state index is 12.4. The third-order valence-corrected chi connectivity index (χ3v) is 6.74. The third-order valence-electron chi connectivity index (χ3n) is 3.53. The van der Waals surface area contributed by atoms with Gasteiger partial charge in [0.2, 0.25) is 0 Å². The second kappa shape index (κ2) is 7.02. The highest BCUT2D eigenvalue weighted by molar-refractivity contribution is 7.91. The van der Waals surface area contributed by atoms with E-state index in [0.29, 0.717) is 16.8 Å². The number of hydrogen-bond donors (Lipinski definition) is 2. The highest BCUT2D eigenvalue weighted by Crippen LogP contribution is 2.24. The van der Waals surface area contributed by atoms with Gasteiger partial charge < -0.3 is 5.32 Å². The molecular weight excluding hydrogens is 292 g/mol. The first-order chi connectivity index (χ1) is 9.22. The van der Waals surface area contributed by atoms with Crippen molar-refractivity contribution in [3.05, 3.63) is 17.0 Å². The standard InChI is InChI=1S/C14H26N2O2S2/c1-6-14(5,7-2)16-20(17,18)13-9-8-12(19-13)10-15-11(3)4/h8-9,11,15-16H,6-7,10H2,1-5H3. The van der Waals surface area contributed by atoms with E-state index in [1.54, 1.807) is 6.07 Å². The average Bonchev–Trinajstić information content (AvgIpc) is 2.85. The van der Waals surface area contributed by atoms with Crippen LogP contribution in [0, 0.1) is 0 Å². The van der Waals surface area contributed by atoms with Gasteiger partial charge in [-0.05, 0) is 31.9 Å². The molecule has 0 saturated carbocycles. The minimum Gasteiger partial charge on any atom is -0.310 e. The molecule has 1 heterocycles. The summed E-state index contributed by atoms with van der Waals surface area (Å²) in [5.41, 5.74) is -0.376. The SMILES string of the molecule is CCC(C)(CC)NS(=O)(=O)c1ccc(CNC(C)C)s1. The molecule has 1 aromatic heterocycles. The minimum absolute atomic E-state index is 0.376. The average molecular weight is 319 g/mol. The fraction of sp³-hybridized carbons (Fsp3) is 0.714. The van der Waals surface area contributed by atoms with E-state index in [2.05, 4.69) is 23.9 Å². The molecule has 0 spiro atoms. The smallest absolute Gasteiger partial charge is 0.250 e. The van der Waals surface area contributed by atoms with Crippen molar-refractivity contribution < 1.29 is 8.42 Å². The van der Waals surface area contributed by atoms with Crippen LogP contribution in [0.5, 0.6) is 0 Å². The van der Waals surface area contributed by atoms with Gasteiger partial charge in [-0.3, -0.25) is 0 Å². The topological polar surface area (TPSA) is 58.2 Å². The van der Waals surface area contributed by atoms with E-state index in [1.165, 1.54) is 11.3 Å². The first-order valence-electron chi connectivity index (χ1n) is 7.08. The van der Waals surface area contributed by atoms with Crippen LogP contribution in [0.2, 0.25) is 0 Å². The van der Waals surface area contributed by atoms with Gasteiger partial charge in [0.05, 0.1) is 0 Å². The van der Waals surface area contributed by atoms with E-state index in [0.717, 1.165) is 17.7 Å². The fourth-order valence-electron chi connectivity index (χ4n) is 1.67. The first-order valence-corrected chi connectivity index (χ1v) is 9.38. The van der Waals surface area contributed by atoms with Crippen molar-refractivity contribution in [3.63, 3.8) is 0 Å². The molecule has 1 rings (SSSR count). The Hall–Kier alpha value is -0.430. The quantitative estimate of drug-likeness (QED) is 0.774. The number of hydrogen-bond acceptors (Lipinski definition) is 4. The van der Waals surface area contributed by atoms with E-state index < -0.39 is 10.0 Å². The molecule has 0 atom stereocenters. The maximum Gasteiger partial charge on any atom is 0.250 e. The summed E-state index contributed by atoms with van der Waals surface area (Å²) in [7, 11) is -3.42. The maximum atomic E-state index is 12.4. The van der Waals surface area contributed by atoms with Crippen molar-refractivity contribution in [1.82, 2.24) is 10.0 Å². The van der Waals surface area contributed by atoms with Gasteiger partial charge in [-0.2, -0.15) is 0 Å². The minimum atomic E-state index is -3.42. The molecule has 1 aromatic rings. The molecule has 0 radical (unpaired) electrons. The summed E-state index contributed by atoms with van der Waals surface area (Å²) in [6.45, 7) is 10.8. The summed E-state index contributed by atoms with van der Waals surface area (Å²) in [5, 5.41) is 3.29. The summed E-state index contributed by atoms with van der Waals surface area (Å²) in [4.78, 5) is 1.04. The Balaban J connectivity index is 2.83. The van der Waals surface area contributed by atoms with Crippen molar-refractivity contribution in [2.24, 2.45) is 0 Å². The number of rotatable bonds is 8. The van der Waals surface area contributed by atoms with E-state index in [4.69, 9.17) is 0 Å². The van der Waals surface area contributed by atoms with Crippen LogP contribution in [0.4, 0.5) is 0 Å². The third kappa shape index (κ3) is 4.84. The Morgan fingerprint density at radius 2 is 1.85 bits per heavy atom. The Labute approximate surface area is 127 Å². The molecule has 0 amide bonds. The molecule has 0 aromatic carbocycles. The van der Waals surface area contributed by atoms with Crippen LogP contribution < -0.4 is 10.0 Å². The second-order valence-electron chi connectivity index (χ2n) is 5.63. The lowest BCUT2D eigenvalue weighted by Crippen LogP contribution is -2.44. The zero-order chi connectivity index (χ0) is 15.4. The van der Waals surface area contributed by atoms with E-state index in [1.807, 2.05) is 26.8 Å². The van der Waals surface area contributed by atoms with Crippen molar-refractivity contribution in [1.29, 1.82) is 0 Å². The van der Waals surface area contributed by atoms with Crippen LogP contribution in [0.25, 0.3) is 0 Å². The Morgan fingerprint density at radius 3 is 2.35 bits per heavy atom. The van der Waals surface area contributed by atoms with E-state index in [9.17, 15) is 8.42 Å². The lowest BCUT2D eigenvalue weighted by molar-refractivity contribution is 0.389. The van der Waals surface area contributed by atoms with Crippen molar-refractivity contribution in [2.45, 2.75) is 69.8 Å². The van der Waals surface area contributed by atoms with Crippen molar-refractivity contribution in [3.8, 4) is 0 Å². The molecule has 116 valence electrons. The van der Waals surface area contributed by atoms with E-state index in [-0.39, 0.29) is 5.54 Å². The van der Waals surface area contributed by atoms with Crippen LogP contribution in [-0.2, 0) is 16.6 Å². The fourth-order valence-corrected chi connectivity index (χ4v) is 4.53. The van der Waals surface area contributed by atoms with Gasteiger partial charge in [0, 0.05) is 23.0 Å². The summed E-state index contributed by atoms with van der Waals surface area (Å²) >= 11 is 1.33. The summed E-state index contributed by atoms with van der Waals surface area (Å²) < 4.78 is 28.0. The van der Waals surface area contributed by atoms with Gasteiger partial charge in [-0.1, -0.05) is 27.7 Å². The van der Waals surface area contributed by atoms with Crippen molar-refractivity contribution in [2.75, 3.05) is 0 Å². The van der Waals surface area contributed by atoms with Gasteiger partial charge in [0.25, 0.3) is 10.0 Å². The van der Waals surface area contributed by atoms with Gasteiger partial charge in [-0.15, -0.1) is 11.3 Å². The Kier molecular flexibility index (Phi) is 6.19. The highest BCUT2D eigenvalue weighted by Gasteiger charge is 2.28. The van der Waals surface area contributed by atoms with Gasteiger partial charge in [0.1, 0.15) is 4.21 Å². The van der Waals surface area contributed by atoms with Crippen LogP contribution in [0.15, 0.2) is 16.3 Å². The summed E-state index contributed by atoms with van der Waals surface area (Å²) in [6.07, 6.45) is 1.55. The zero-order valence-corrected chi connectivity index (χ0v) is 14.6. The molecule has 0 unspecified atom stereocenters. The molecule has 4 nitrogen and oxygen atoms in total. The molecule has 2 N–H and O–H groups in total. The molecule has 0 aliphatic heterocycles. The Morgan fingerprint density at radius 1 is 1.25 bits per heavy atom.